The SMILES string of the molecule is Cc1ccc(Nc2cc(Cl)c(C)cc2Br)c(C(N)=S)c1. The van der Waals surface area contributed by atoms with Gasteiger partial charge in [-0.2, -0.15) is 0 Å². The van der Waals surface area contributed by atoms with Crippen molar-refractivity contribution in [3.05, 3.63) is 56.5 Å². The molecule has 0 saturated carbocycles. The number of aryl methyl sites for hydroxylation is 2. The van der Waals surface area contributed by atoms with Gasteiger partial charge < -0.3 is 11.1 Å². The maximum absolute atomic E-state index is 6.17. The van der Waals surface area contributed by atoms with Crippen molar-refractivity contribution >= 4 is 56.1 Å². The lowest BCUT2D eigenvalue weighted by Crippen LogP contribution is -2.12. The van der Waals surface area contributed by atoms with Gasteiger partial charge in [-0.05, 0) is 59.6 Å². The molecule has 20 heavy (non-hydrogen) atoms. The molecular formula is C15H14BrClN2S. The minimum Gasteiger partial charge on any atom is -0.389 e. The third-order valence-corrected chi connectivity index (χ3v) is 4.24. The van der Waals surface area contributed by atoms with Crippen LogP contribution in [0.3, 0.4) is 0 Å². The molecule has 2 rings (SSSR count). The minimum atomic E-state index is 0.366. The molecule has 0 fully saturated rings. The van der Waals surface area contributed by atoms with Crippen molar-refractivity contribution in [3.63, 3.8) is 0 Å². The monoisotopic (exact) mass is 368 g/mol. The Hall–Kier alpha value is -1.10. The number of anilines is 2. The van der Waals surface area contributed by atoms with Gasteiger partial charge >= 0.3 is 0 Å². The third-order valence-electron chi connectivity index (χ3n) is 2.96. The Morgan fingerprint density at radius 2 is 1.90 bits per heavy atom. The van der Waals surface area contributed by atoms with Gasteiger partial charge in [-0.15, -0.1) is 0 Å². The number of halogens is 2. The highest BCUT2D eigenvalue weighted by Gasteiger charge is 2.09. The zero-order valence-corrected chi connectivity index (χ0v) is 14.3. The number of nitrogens with two attached hydrogens (primary N) is 1. The highest BCUT2D eigenvalue weighted by molar-refractivity contribution is 9.10. The van der Waals surface area contributed by atoms with Gasteiger partial charge in [0.1, 0.15) is 4.99 Å². The van der Waals surface area contributed by atoms with E-state index in [1.165, 1.54) is 0 Å². The fraction of sp³-hybridized carbons (Fsp3) is 0.133. The van der Waals surface area contributed by atoms with Gasteiger partial charge in [0.05, 0.1) is 5.69 Å². The summed E-state index contributed by atoms with van der Waals surface area (Å²) in [4.78, 5) is 0.366. The van der Waals surface area contributed by atoms with Crippen LogP contribution in [0.5, 0.6) is 0 Å². The fourth-order valence-electron chi connectivity index (χ4n) is 1.86. The topological polar surface area (TPSA) is 38.0 Å². The van der Waals surface area contributed by atoms with E-state index in [9.17, 15) is 0 Å². The summed E-state index contributed by atoms with van der Waals surface area (Å²) >= 11 is 14.8. The van der Waals surface area contributed by atoms with E-state index in [1.807, 2.05) is 44.2 Å². The standard InChI is InChI=1S/C15H14BrClN2S/c1-8-3-4-13(10(5-8)15(18)20)19-14-7-12(17)9(2)6-11(14)16/h3-7,19H,1-2H3,(H2,18,20). The maximum atomic E-state index is 6.17. The molecule has 2 aromatic rings. The molecule has 3 N–H and O–H groups in total. The second-order valence-corrected chi connectivity index (χ2v) is 6.32. The third kappa shape index (κ3) is 3.32. The van der Waals surface area contributed by atoms with Gasteiger partial charge in [-0.25, -0.2) is 0 Å². The normalized spacial score (nSPS) is 10.4. The first-order chi connectivity index (χ1) is 9.38. The fourth-order valence-corrected chi connectivity index (χ4v) is 2.75. The van der Waals surface area contributed by atoms with Crippen molar-refractivity contribution in [1.82, 2.24) is 0 Å². The molecular weight excluding hydrogens is 356 g/mol. The Balaban J connectivity index is 2.45. The van der Waals surface area contributed by atoms with Crippen LogP contribution in [0.25, 0.3) is 0 Å². The molecule has 2 aromatic carbocycles. The summed E-state index contributed by atoms with van der Waals surface area (Å²) in [6.07, 6.45) is 0. The minimum absolute atomic E-state index is 0.366. The molecule has 0 bridgehead atoms. The van der Waals surface area contributed by atoms with Crippen LogP contribution >= 0.6 is 39.7 Å². The number of nitrogens with one attached hydrogen (secondary N) is 1. The van der Waals surface area contributed by atoms with Crippen LogP contribution in [0.4, 0.5) is 11.4 Å². The first kappa shape index (κ1) is 15.3. The van der Waals surface area contributed by atoms with E-state index in [0.717, 1.165) is 32.5 Å². The number of thiocarbonyl (C=S) groups is 1. The molecule has 0 spiro atoms. The zero-order valence-electron chi connectivity index (χ0n) is 11.1. The Kier molecular flexibility index (Phi) is 4.68. The smallest absolute Gasteiger partial charge is 0.106 e. The highest BCUT2D eigenvalue weighted by atomic mass is 79.9. The molecule has 0 heterocycles. The lowest BCUT2D eigenvalue weighted by Gasteiger charge is -2.14. The maximum Gasteiger partial charge on any atom is 0.106 e. The summed E-state index contributed by atoms with van der Waals surface area (Å²) < 4.78 is 0.939. The molecule has 0 aliphatic rings. The van der Waals surface area contributed by atoms with Gasteiger partial charge in [0.2, 0.25) is 0 Å². The number of hydrogen-bond acceptors (Lipinski definition) is 2. The Labute approximate surface area is 137 Å². The van der Waals surface area contributed by atoms with Crippen LogP contribution in [-0.2, 0) is 0 Å². The van der Waals surface area contributed by atoms with Crippen molar-refractivity contribution in [2.45, 2.75) is 13.8 Å². The molecule has 0 unspecified atom stereocenters. The summed E-state index contributed by atoms with van der Waals surface area (Å²) in [5.41, 5.74) is 10.5. The second-order valence-electron chi connectivity index (χ2n) is 4.62. The van der Waals surface area contributed by atoms with Crippen LogP contribution in [0.1, 0.15) is 16.7 Å². The molecule has 0 aromatic heterocycles. The van der Waals surface area contributed by atoms with Crippen LogP contribution in [0.15, 0.2) is 34.8 Å². The average Bonchev–Trinajstić information content (AvgIpc) is 2.37. The molecule has 2 nitrogen and oxygen atoms in total. The van der Waals surface area contributed by atoms with E-state index in [4.69, 9.17) is 29.6 Å². The van der Waals surface area contributed by atoms with Crippen LogP contribution < -0.4 is 11.1 Å². The summed E-state index contributed by atoms with van der Waals surface area (Å²) in [5.74, 6) is 0. The van der Waals surface area contributed by atoms with Crippen LogP contribution in [-0.4, -0.2) is 4.99 Å². The summed E-state index contributed by atoms with van der Waals surface area (Å²) in [5, 5.41) is 4.03. The summed E-state index contributed by atoms with van der Waals surface area (Å²) in [6, 6.07) is 9.79. The number of benzene rings is 2. The van der Waals surface area contributed by atoms with Crippen molar-refractivity contribution in [1.29, 1.82) is 0 Å². The number of hydrogen-bond donors (Lipinski definition) is 2. The lowest BCUT2D eigenvalue weighted by molar-refractivity contribution is 1.41. The van der Waals surface area contributed by atoms with E-state index in [2.05, 4.69) is 21.2 Å². The largest absolute Gasteiger partial charge is 0.389 e. The van der Waals surface area contributed by atoms with Crippen LogP contribution in [0, 0.1) is 13.8 Å². The van der Waals surface area contributed by atoms with E-state index in [0.29, 0.717) is 10.0 Å². The zero-order chi connectivity index (χ0) is 14.9. The first-order valence-electron chi connectivity index (χ1n) is 6.01. The first-order valence-corrected chi connectivity index (χ1v) is 7.59. The van der Waals surface area contributed by atoms with Gasteiger partial charge in [0, 0.05) is 20.7 Å². The number of rotatable bonds is 3. The predicted octanol–water partition coefficient (Wildman–Crippen LogP) is 5.10. The molecule has 0 saturated heterocycles. The lowest BCUT2D eigenvalue weighted by atomic mass is 10.1. The Morgan fingerprint density at radius 1 is 1.20 bits per heavy atom. The predicted molar refractivity (Wildman–Crippen MR) is 94.2 cm³/mol. The van der Waals surface area contributed by atoms with Gasteiger partial charge in [-0.1, -0.05) is 35.4 Å². The van der Waals surface area contributed by atoms with Crippen molar-refractivity contribution in [2.24, 2.45) is 5.73 Å². The molecule has 0 amide bonds. The van der Waals surface area contributed by atoms with Gasteiger partial charge in [0.15, 0.2) is 0 Å². The van der Waals surface area contributed by atoms with Crippen LogP contribution in [0.2, 0.25) is 5.02 Å². The van der Waals surface area contributed by atoms with E-state index < -0.39 is 0 Å². The van der Waals surface area contributed by atoms with Crippen molar-refractivity contribution in [2.75, 3.05) is 5.32 Å². The quantitative estimate of drug-likeness (QED) is 0.739. The Morgan fingerprint density at radius 3 is 2.55 bits per heavy atom. The molecule has 0 atom stereocenters. The van der Waals surface area contributed by atoms with E-state index in [1.54, 1.807) is 0 Å². The molecule has 0 aliphatic carbocycles. The van der Waals surface area contributed by atoms with Crippen molar-refractivity contribution in [3.8, 4) is 0 Å². The molecule has 0 aliphatic heterocycles. The van der Waals surface area contributed by atoms with Gasteiger partial charge in [-0.3, -0.25) is 0 Å². The molecule has 5 heteroatoms. The summed E-state index contributed by atoms with van der Waals surface area (Å²) in [7, 11) is 0. The second kappa shape index (κ2) is 6.12. The average molecular weight is 370 g/mol. The molecule has 0 radical (unpaired) electrons. The summed E-state index contributed by atoms with van der Waals surface area (Å²) in [6.45, 7) is 3.97. The highest BCUT2D eigenvalue weighted by Crippen LogP contribution is 2.32. The van der Waals surface area contributed by atoms with E-state index in [-0.39, 0.29) is 0 Å². The van der Waals surface area contributed by atoms with E-state index >= 15 is 0 Å². The van der Waals surface area contributed by atoms with Crippen molar-refractivity contribution < 1.29 is 0 Å². The molecule has 104 valence electrons. The van der Waals surface area contributed by atoms with Gasteiger partial charge in [0.25, 0.3) is 0 Å². The Bertz CT molecular complexity index is 686.